The van der Waals surface area contributed by atoms with Crippen molar-refractivity contribution in [1.29, 1.82) is 0 Å². The van der Waals surface area contributed by atoms with Crippen LogP contribution < -0.4 is 0 Å². The summed E-state index contributed by atoms with van der Waals surface area (Å²) in [7, 11) is 4.45. The van der Waals surface area contributed by atoms with Gasteiger partial charge < -0.3 is 20.4 Å². The third kappa shape index (κ3) is 7.15. The molecule has 0 rings (SSSR count). The van der Waals surface area contributed by atoms with Crippen molar-refractivity contribution in [3.05, 3.63) is 0 Å². The van der Waals surface area contributed by atoms with Crippen LogP contribution in [0.15, 0.2) is 0 Å². The predicted molar refractivity (Wildman–Crippen MR) is 42.9 cm³/mol. The van der Waals surface area contributed by atoms with Crippen LogP contribution in [0.2, 0.25) is 0 Å². The zero-order valence-electron chi connectivity index (χ0n) is 7.18. The quantitative estimate of drug-likeness (QED) is 0.497. The van der Waals surface area contributed by atoms with E-state index in [0.29, 0.717) is 0 Å². The number of hydrogen-bond donors (Lipinski definition) is 4. The number of aliphatic hydroxyl groups is 1. The molecule has 0 aromatic rings. The summed E-state index contributed by atoms with van der Waals surface area (Å²) >= 11 is 2.41. The Bertz CT molecular complexity index is 238. The van der Waals surface area contributed by atoms with Crippen LogP contribution in [0.1, 0.15) is 12.8 Å². The third-order valence-corrected chi connectivity index (χ3v) is 1.29. The Balaban J connectivity index is 0. The number of carboxylic acids is 3. The number of aliphatic carboxylic acids is 3. The van der Waals surface area contributed by atoms with Crippen LogP contribution in [0.25, 0.3) is 0 Å². The molecular formula is C6H8ClMnO7. The molecule has 0 radical (unpaired) electrons. The Morgan fingerprint density at radius 2 is 1.27 bits per heavy atom. The predicted octanol–water partition coefficient (Wildman–Crippen LogP) is -0.561. The van der Waals surface area contributed by atoms with Crippen molar-refractivity contribution >= 4 is 28.0 Å². The molecule has 0 aromatic heterocycles. The number of carboxylic acid groups (broad SMARTS) is 3. The molecule has 0 unspecified atom stereocenters. The van der Waals surface area contributed by atoms with Crippen molar-refractivity contribution in [2.75, 3.05) is 0 Å². The molecule has 0 fully saturated rings. The van der Waals surface area contributed by atoms with Crippen molar-refractivity contribution in [2.24, 2.45) is 0 Å². The summed E-state index contributed by atoms with van der Waals surface area (Å²) in [6.07, 6.45) is -2.29. The second-order valence-corrected chi connectivity index (χ2v) is 2.48. The summed E-state index contributed by atoms with van der Waals surface area (Å²) in [6, 6.07) is 0. The van der Waals surface area contributed by atoms with Crippen molar-refractivity contribution < 1.29 is 49.9 Å². The Hall–Kier alpha value is -0.821. The van der Waals surface area contributed by atoms with E-state index in [9.17, 15) is 14.4 Å². The summed E-state index contributed by atoms with van der Waals surface area (Å²) < 4.78 is 0. The van der Waals surface area contributed by atoms with Crippen LogP contribution >= 0.6 is 10.1 Å². The van der Waals surface area contributed by atoms with Gasteiger partial charge in [0.05, 0.1) is 12.8 Å². The second kappa shape index (κ2) is 7.47. The Morgan fingerprint density at radius 1 is 1.00 bits per heavy atom. The van der Waals surface area contributed by atoms with E-state index >= 15 is 0 Å². The normalized spacial score (nSPS) is 9.80. The molecule has 9 heteroatoms. The molecule has 0 aliphatic rings. The zero-order valence-corrected chi connectivity index (χ0v) is 9.12. The molecule has 0 bridgehead atoms. The van der Waals surface area contributed by atoms with Crippen LogP contribution in [0.3, 0.4) is 0 Å². The van der Waals surface area contributed by atoms with Crippen LogP contribution in [-0.2, 0) is 29.5 Å². The molecular weight excluding hydrogens is 274 g/mol. The monoisotopic (exact) mass is 282 g/mol. The average molecular weight is 283 g/mol. The number of rotatable bonds is 5. The van der Waals surface area contributed by atoms with E-state index in [0.717, 1.165) is 0 Å². The summed E-state index contributed by atoms with van der Waals surface area (Å²) in [4.78, 5) is 30.5. The van der Waals surface area contributed by atoms with Gasteiger partial charge in [-0.2, -0.15) is 0 Å². The molecule has 4 N–H and O–H groups in total. The van der Waals surface area contributed by atoms with Crippen molar-refractivity contribution in [1.82, 2.24) is 0 Å². The summed E-state index contributed by atoms with van der Waals surface area (Å²) in [5, 5.41) is 33.8. The summed E-state index contributed by atoms with van der Waals surface area (Å²) in [5.74, 6) is -5.02. The zero-order chi connectivity index (χ0) is 12.6. The second-order valence-electron chi connectivity index (χ2n) is 2.48. The first-order valence-corrected chi connectivity index (χ1v) is 4.94. The van der Waals surface area contributed by atoms with E-state index in [1.54, 1.807) is 0 Å². The van der Waals surface area contributed by atoms with Gasteiger partial charge in [0.2, 0.25) is 0 Å². The van der Waals surface area contributed by atoms with Gasteiger partial charge in [0, 0.05) is 0 Å². The van der Waals surface area contributed by atoms with Crippen LogP contribution in [-0.4, -0.2) is 43.9 Å². The fourth-order valence-electron chi connectivity index (χ4n) is 0.714. The number of carbonyl (C=O) groups is 3. The Morgan fingerprint density at radius 3 is 1.40 bits per heavy atom. The van der Waals surface area contributed by atoms with Gasteiger partial charge in [0.15, 0.2) is 5.60 Å². The molecule has 88 valence electrons. The van der Waals surface area contributed by atoms with E-state index in [4.69, 9.17) is 20.4 Å². The van der Waals surface area contributed by atoms with Gasteiger partial charge >= 0.3 is 43.1 Å². The average Bonchev–Trinajstić information content (AvgIpc) is 2.04. The molecule has 0 aromatic carbocycles. The van der Waals surface area contributed by atoms with E-state index in [2.05, 4.69) is 25.2 Å². The van der Waals surface area contributed by atoms with E-state index < -0.39 is 36.4 Å². The minimum atomic E-state index is -2.74. The van der Waals surface area contributed by atoms with Gasteiger partial charge in [-0.1, -0.05) is 0 Å². The molecule has 7 nitrogen and oxygen atoms in total. The standard InChI is InChI=1S/C6H8O7.ClH.Mn/c7-3(8)1-6(13,5(11)12)2-4(9)10;;/h13H,1-2H2,(H,7,8)(H,9,10)(H,11,12);1H;/q;;+1/p-1. The Kier molecular flexibility index (Phi) is 8.27. The first-order valence-electron chi connectivity index (χ1n) is 3.31. The van der Waals surface area contributed by atoms with Crippen molar-refractivity contribution in [3.63, 3.8) is 0 Å². The third-order valence-electron chi connectivity index (χ3n) is 1.29. The molecule has 0 heterocycles. The molecule has 0 saturated carbocycles. The molecule has 0 amide bonds. The van der Waals surface area contributed by atoms with Gasteiger partial charge in [-0.05, 0) is 0 Å². The van der Waals surface area contributed by atoms with E-state index in [1.165, 1.54) is 0 Å². The van der Waals surface area contributed by atoms with Crippen LogP contribution in [0.4, 0.5) is 0 Å². The topological polar surface area (TPSA) is 132 Å². The van der Waals surface area contributed by atoms with E-state index in [-0.39, 0.29) is 0 Å². The van der Waals surface area contributed by atoms with Crippen LogP contribution in [0.5, 0.6) is 0 Å². The summed E-state index contributed by atoms with van der Waals surface area (Å²) in [5.41, 5.74) is -2.74. The molecule has 0 saturated heterocycles. The molecule has 0 aliphatic heterocycles. The Labute approximate surface area is 96.7 Å². The molecule has 0 atom stereocenters. The first kappa shape index (κ1) is 16.6. The van der Waals surface area contributed by atoms with Crippen molar-refractivity contribution in [3.8, 4) is 0 Å². The van der Waals surface area contributed by atoms with Gasteiger partial charge in [-0.3, -0.25) is 9.59 Å². The van der Waals surface area contributed by atoms with Gasteiger partial charge in [0.25, 0.3) is 0 Å². The molecule has 0 spiro atoms. The molecule has 0 aliphatic carbocycles. The van der Waals surface area contributed by atoms with Gasteiger partial charge in [-0.15, -0.1) is 0 Å². The maximum atomic E-state index is 10.3. The minimum absolute atomic E-state index is 1.14. The van der Waals surface area contributed by atoms with Crippen LogP contribution in [0, 0.1) is 0 Å². The van der Waals surface area contributed by atoms with E-state index in [1.807, 2.05) is 0 Å². The van der Waals surface area contributed by atoms with Crippen molar-refractivity contribution in [2.45, 2.75) is 18.4 Å². The first-order chi connectivity index (χ1) is 6.78. The van der Waals surface area contributed by atoms with Gasteiger partial charge in [-0.25, -0.2) is 4.79 Å². The maximum absolute atomic E-state index is 10.3. The fraction of sp³-hybridized carbons (Fsp3) is 0.500. The number of halogens is 1. The SMILES string of the molecule is O=C(O)CC(O)(CC(=O)O)C(=O)O.[Cl][Mn]. The number of hydrogen-bond acceptors (Lipinski definition) is 4. The van der Waals surface area contributed by atoms with Gasteiger partial charge in [0.1, 0.15) is 0 Å². The fourth-order valence-corrected chi connectivity index (χ4v) is 0.714. The summed E-state index contributed by atoms with van der Waals surface area (Å²) in [6.45, 7) is 0. The molecule has 15 heavy (non-hydrogen) atoms.